The summed E-state index contributed by atoms with van der Waals surface area (Å²) in [5, 5.41) is 4.28. The van der Waals surface area contributed by atoms with Gasteiger partial charge in [0.1, 0.15) is 0 Å². The molecule has 5 heteroatoms. The summed E-state index contributed by atoms with van der Waals surface area (Å²) in [7, 11) is -3.67. The van der Waals surface area contributed by atoms with Crippen LogP contribution in [0.25, 0.3) is 0 Å². The Hall–Kier alpha value is -2.92. The quantitative estimate of drug-likeness (QED) is 0.525. The SMILES string of the molecule is Cc1ccc(S(=O)(=O)N/N=C/C23C4c5ccccc5[C@H]2[C@@H]3c2ccccc24)cc1. The van der Waals surface area contributed by atoms with Gasteiger partial charge in [-0.05, 0) is 41.3 Å². The maximum atomic E-state index is 12.6. The molecule has 6 rings (SSSR count). The molecule has 2 atom stereocenters. The zero-order valence-corrected chi connectivity index (χ0v) is 16.7. The Morgan fingerprint density at radius 1 is 0.828 bits per heavy atom. The molecule has 1 N–H and O–H groups in total. The van der Waals surface area contributed by atoms with Crippen LogP contribution in [0, 0.1) is 12.3 Å². The van der Waals surface area contributed by atoms with Crippen molar-refractivity contribution in [2.45, 2.75) is 29.6 Å². The lowest BCUT2D eigenvalue weighted by Gasteiger charge is -2.17. The summed E-state index contributed by atoms with van der Waals surface area (Å²) < 4.78 is 25.3. The molecule has 3 aromatic rings. The monoisotopic (exact) mass is 400 g/mol. The largest absolute Gasteiger partial charge is 0.276 e. The first kappa shape index (κ1) is 17.0. The summed E-state index contributed by atoms with van der Waals surface area (Å²) in [6.45, 7) is 1.93. The van der Waals surface area contributed by atoms with Crippen molar-refractivity contribution in [3.8, 4) is 0 Å². The lowest BCUT2D eigenvalue weighted by molar-refractivity contribution is 0.582. The minimum absolute atomic E-state index is 0.150. The second-order valence-corrected chi connectivity index (χ2v) is 9.97. The van der Waals surface area contributed by atoms with Gasteiger partial charge in [0.25, 0.3) is 10.0 Å². The molecule has 0 amide bonds. The van der Waals surface area contributed by atoms with Gasteiger partial charge in [-0.3, -0.25) is 0 Å². The topological polar surface area (TPSA) is 58.5 Å². The molecule has 0 heterocycles. The fraction of sp³-hybridized carbons (Fsp3) is 0.208. The molecule has 0 aromatic heterocycles. The van der Waals surface area contributed by atoms with Crippen molar-refractivity contribution in [3.05, 3.63) is 101 Å². The van der Waals surface area contributed by atoms with E-state index in [1.54, 1.807) is 24.3 Å². The van der Waals surface area contributed by atoms with Crippen LogP contribution in [0.5, 0.6) is 0 Å². The number of hydrogen-bond donors (Lipinski definition) is 1. The number of fused-ring (bicyclic) bond motifs is 7. The van der Waals surface area contributed by atoms with Crippen molar-refractivity contribution in [2.24, 2.45) is 10.5 Å². The van der Waals surface area contributed by atoms with Crippen molar-refractivity contribution >= 4 is 16.2 Å². The van der Waals surface area contributed by atoms with E-state index in [9.17, 15) is 8.42 Å². The molecular weight excluding hydrogens is 380 g/mol. The van der Waals surface area contributed by atoms with Gasteiger partial charge in [-0.25, -0.2) is 4.83 Å². The van der Waals surface area contributed by atoms with Gasteiger partial charge in [-0.2, -0.15) is 13.5 Å². The average molecular weight is 401 g/mol. The minimum Gasteiger partial charge on any atom is -0.200 e. The van der Waals surface area contributed by atoms with Crippen LogP contribution in [-0.2, 0) is 10.0 Å². The Morgan fingerprint density at radius 2 is 1.34 bits per heavy atom. The predicted molar refractivity (Wildman–Crippen MR) is 113 cm³/mol. The smallest absolute Gasteiger partial charge is 0.200 e. The highest BCUT2D eigenvalue weighted by Crippen LogP contribution is 2.85. The predicted octanol–water partition coefficient (Wildman–Crippen LogP) is 4.29. The maximum Gasteiger partial charge on any atom is 0.276 e. The van der Waals surface area contributed by atoms with Gasteiger partial charge in [0, 0.05) is 29.4 Å². The fourth-order valence-electron chi connectivity index (χ4n) is 5.72. The number of nitrogens with one attached hydrogen (secondary N) is 1. The number of aryl methyl sites for hydroxylation is 1. The van der Waals surface area contributed by atoms with Crippen LogP contribution in [0.4, 0.5) is 0 Å². The summed E-state index contributed by atoms with van der Waals surface area (Å²) in [4.78, 5) is 2.67. The molecule has 144 valence electrons. The van der Waals surface area contributed by atoms with E-state index in [2.05, 4.69) is 58.5 Å². The Labute approximate surface area is 170 Å². The van der Waals surface area contributed by atoms with Gasteiger partial charge in [0.15, 0.2) is 0 Å². The lowest BCUT2D eigenvalue weighted by atomic mass is 9.86. The lowest BCUT2D eigenvalue weighted by Crippen LogP contribution is -2.21. The molecule has 4 nitrogen and oxygen atoms in total. The third kappa shape index (κ3) is 2.14. The molecule has 0 saturated heterocycles. The third-order valence-corrected chi connectivity index (χ3v) is 8.12. The van der Waals surface area contributed by atoms with Crippen LogP contribution < -0.4 is 4.83 Å². The molecule has 29 heavy (non-hydrogen) atoms. The Morgan fingerprint density at radius 3 is 1.90 bits per heavy atom. The Bertz CT molecular complexity index is 1220. The summed E-state index contributed by atoms with van der Waals surface area (Å²) in [6.07, 6.45) is 1.87. The molecule has 0 radical (unpaired) electrons. The highest BCUT2D eigenvalue weighted by Gasteiger charge is 2.77. The molecule has 1 fully saturated rings. The fourth-order valence-corrected chi connectivity index (χ4v) is 6.51. The summed E-state index contributed by atoms with van der Waals surface area (Å²) in [6, 6.07) is 24.0. The van der Waals surface area contributed by atoms with Crippen molar-refractivity contribution < 1.29 is 8.42 Å². The highest BCUT2D eigenvalue weighted by molar-refractivity contribution is 7.89. The molecular formula is C24H20N2O2S. The van der Waals surface area contributed by atoms with Crippen molar-refractivity contribution in [2.75, 3.05) is 0 Å². The highest BCUT2D eigenvalue weighted by atomic mass is 32.2. The number of sulfonamides is 1. The van der Waals surface area contributed by atoms with E-state index in [1.807, 2.05) is 13.1 Å². The molecule has 0 spiro atoms. The normalized spacial score (nSPS) is 28.1. The van der Waals surface area contributed by atoms with E-state index in [0.717, 1.165) is 5.56 Å². The average Bonchev–Trinajstić information content (AvgIpc) is 3.21. The third-order valence-electron chi connectivity index (χ3n) is 6.88. The van der Waals surface area contributed by atoms with Crippen LogP contribution in [0.15, 0.2) is 82.8 Å². The van der Waals surface area contributed by atoms with E-state index >= 15 is 0 Å². The van der Waals surface area contributed by atoms with E-state index in [0.29, 0.717) is 11.8 Å². The number of nitrogens with zero attached hydrogens (tertiary/aromatic N) is 1. The second kappa shape index (κ2) is 5.57. The van der Waals surface area contributed by atoms with Gasteiger partial charge >= 0.3 is 0 Å². The minimum atomic E-state index is -3.67. The van der Waals surface area contributed by atoms with Crippen molar-refractivity contribution in [3.63, 3.8) is 0 Å². The first-order valence-electron chi connectivity index (χ1n) is 9.84. The van der Waals surface area contributed by atoms with Crippen LogP contribution in [0.2, 0.25) is 0 Å². The molecule has 0 aliphatic heterocycles. The number of hydrogen-bond acceptors (Lipinski definition) is 3. The van der Waals surface area contributed by atoms with Gasteiger partial charge in [-0.15, -0.1) is 0 Å². The van der Waals surface area contributed by atoms with Crippen molar-refractivity contribution in [1.29, 1.82) is 0 Å². The summed E-state index contributed by atoms with van der Waals surface area (Å²) >= 11 is 0. The van der Waals surface area contributed by atoms with Gasteiger partial charge < -0.3 is 0 Å². The van der Waals surface area contributed by atoms with Crippen LogP contribution in [0.3, 0.4) is 0 Å². The molecule has 0 bridgehead atoms. The number of benzene rings is 3. The molecule has 3 aromatic carbocycles. The van der Waals surface area contributed by atoms with Gasteiger partial charge in [0.05, 0.1) is 4.90 Å². The van der Waals surface area contributed by atoms with Crippen LogP contribution >= 0.6 is 0 Å². The zero-order valence-electron chi connectivity index (χ0n) is 15.9. The number of rotatable bonds is 4. The number of hydrazone groups is 1. The zero-order chi connectivity index (χ0) is 19.8. The van der Waals surface area contributed by atoms with E-state index in [-0.39, 0.29) is 16.2 Å². The van der Waals surface area contributed by atoms with Gasteiger partial charge in [-0.1, -0.05) is 66.2 Å². The molecule has 0 unspecified atom stereocenters. The first-order valence-corrected chi connectivity index (χ1v) is 11.3. The summed E-state index contributed by atoms with van der Waals surface area (Å²) in [5.74, 6) is 1.01. The van der Waals surface area contributed by atoms with E-state index < -0.39 is 10.0 Å². The molecule has 1 saturated carbocycles. The van der Waals surface area contributed by atoms with Crippen LogP contribution in [-0.4, -0.2) is 14.6 Å². The van der Waals surface area contributed by atoms with E-state index in [4.69, 9.17) is 0 Å². The first-order chi connectivity index (χ1) is 14.0. The molecule has 3 aliphatic rings. The van der Waals surface area contributed by atoms with Crippen LogP contribution in [0.1, 0.15) is 45.6 Å². The van der Waals surface area contributed by atoms with E-state index in [1.165, 1.54) is 22.3 Å². The Kier molecular flexibility index (Phi) is 3.26. The molecule has 3 aliphatic carbocycles. The summed E-state index contributed by atoms with van der Waals surface area (Å²) in [5.41, 5.74) is 6.34. The van der Waals surface area contributed by atoms with Gasteiger partial charge in [0.2, 0.25) is 0 Å². The maximum absolute atomic E-state index is 12.6. The van der Waals surface area contributed by atoms with Crippen molar-refractivity contribution in [1.82, 2.24) is 4.83 Å². The standard InChI is InChI=1S/C24H20N2O2S/c1-15-10-12-16(13-11-15)29(27,28)26-25-14-24-21-17-6-2-4-8-19(17)22(24)23(24)20-9-5-3-7-18(20)21/h2-14,21-23,26H,1H3/b25-14+/t21?,22-,23-,24?/m0/s1. The second-order valence-electron chi connectivity index (χ2n) is 8.31. The Balaban J connectivity index is 1.36.